The SMILES string of the molecule is CCOC(=O)CC1CCN(c2ccccc2)C1. The molecule has 1 saturated heterocycles. The van der Waals surface area contributed by atoms with Crippen molar-refractivity contribution in [2.45, 2.75) is 19.8 Å². The van der Waals surface area contributed by atoms with E-state index in [0.717, 1.165) is 19.5 Å². The molecule has 1 heterocycles. The fraction of sp³-hybridized carbons (Fsp3) is 0.500. The highest BCUT2D eigenvalue weighted by Crippen LogP contribution is 2.25. The van der Waals surface area contributed by atoms with Gasteiger partial charge in [0.15, 0.2) is 0 Å². The molecule has 1 atom stereocenters. The summed E-state index contributed by atoms with van der Waals surface area (Å²) < 4.78 is 4.99. The highest BCUT2D eigenvalue weighted by atomic mass is 16.5. The van der Waals surface area contributed by atoms with Crippen LogP contribution in [0.4, 0.5) is 5.69 Å². The van der Waals surface area contributed by atoms with Crippen molar-refractivity contribution >= 4 is 11.7 Å². The van der Waals surface area contributed by atoms with Crippen LogP contribution in [0.15, 0.2) is 30.3 Å². The Hall–Kier alpha value is -1.51. The van der Waals surface area contributed by atoms with Gasteiger partial charge in [-0.15, -0.1) is 0 Å². The summed E-state index contributed by atoms with van der Waals surface area (Å²) >= 11 is 0. The summed E-state index contributed by atoms with van der Waals surface area (Å²) in [5.74, 6) is 0.377. The van der Waals surface area contributed by atoms with Crippen molar-refractivity contribution in [3.63, 3.8) is 0 Å². The molecule has 2 rings (SSSR count). The van der Waals surface area contributed by atoms with Gasteiger partial charge in [-0.05, 0) is 31.4 Å². The van der Waals surface area contributed by atoms with Gasteiger partial charge in [0.25, 0.3) is 0 Å². The number of benzene rings is 1. The van der Waals surface area contributed by atoms with E-state index < -0.39 is 0 Å². The van der Waals surface area contributed by atoms with Gasteiger partial charge in [0, 0.05) is 18.8 Å². The van der Waals surface area contributed by atoms with Crippen LogP contribution in [0.25, 0.3) is 0 Å². The zero-order chi connectivity index (χ0) is 12.1. The van der Waals surface area contributed by atoms with Gasteiger partial charge < -0.3 is 9.64 Å². The number of hydrogen-bond acceptors (Lipinski definition) is 3. The maximum atomic E-state index is 11.4. The second-order valence-corrected chi connectivity index (χ2v) is 4.45. The van der Waals surface area contributed by atoms with Crippen LogP contribution < -0.4 is 4.90 Å². The largest absolute Gasteiger partial charge is 0.466 e. The van der Waals surface area contributed by atoms with E-state index in [2.05, 4.69) is 17.0 Å². The Labute approximate surface area is 102 Å². The van der Waals surface area contributed by atoms with Gasteiger partial charge >= 0.3 is 5.97 Å². The normalized spacial score (nSPS) is 19.4. The Morgan fingerprint density at radius 1 is 1.41 bits per heavy atom. The fourth-order valence-electron chi connectivity index (χ4n) is 2.33. The molecule has 1 unspecified atom stereocenters. The lowest BCUT2D eigenvalue weighted by molar-refractivity contribution is -0.144. The quantitative estimate of drug-likeness (QED) is 0.748. The van der Waals surface area contributed by atoms with Crippen LogP contribution in [0, 0.1) is 5.92 Å². The molecular formula is C14H19NO2. The van der Waals surface area contributed by atoms with Crippen molar-refractivity contribution in [3.05, 3.63) is 30.3 Å². The Bertz CT molecular complexity index is 364. The number of carbonyl (C=O) groups is 1. The summed E-state index contributed by atoms with van der Waals surface area (Å²) in [4.78, 5) is 13.7. The fourth-order valence-corrected chi connectivity index (χ4v) is 2.33. The van der Waals surface area contributed by atoms with Gasteiger partial charge in [-0.1, -0.05) is 18.2 Å². The predicted molar refractivity (Wildman–Crippen MR) is 68.0 cm³/mol. The number of esters is 1. The van der Waals surface area contributed by atoms with Gasteiger partial charge in [-0.2, -0.15) is 0 Å². The van der Waals surface area contributed by atoms with Crippen LogP contribution in [-0.2, 0) is 9.53 Å². The number of nitrogens with zero attached hydrogens (tertiary/aromatic N) is 1. The molecule has 17 heavy (non-hydrogen) atoms. The molecule has 0 aromatic heterocycles. The Balaban J connectivity index is 1.86. The van der Waals surface area contributed by atoms with Crippen LogP contribution in [0.3, 0.4) is 0 Å². The van der Waals surface area contributed by atoms with E-state index in [4.69, 9.17) is 4.74 Å². The monoisotopic (exact) mass is 233 g/mol. The third kappa shape index (κ3) is 3.22. The number of hydrogen-bond donors (Lipinski definition) is 0. The van der Waals surface area contributed by atoms with Crippen molar-refractivity contribution in [2.75, 3.05) is 24.6 Å². The minimum Gasteiger partial charge on any atom is -0.466 e. The Morgan fingerprint density at radius 2 is 2.18 bits per heavy atom. The number of rotatable bonds is 4. The van der Waals surface area contributed by atoms with Crippen LogP contribution >= 0.6 is 0 Å². The van der Waals surface area contributed by atoms with Crippen LogP contribution in [0.2, 0.25) is 0 Å². The molecule has 0 radical (unpaired) electrons. The van der Waals surface area contributed by atoms with Crippen molar-refractivity contribution < 1.29 is 9.53 Å². The lowest BCUT2D eigenvalue weighted by Gasteiger charge is -2.18. The average Bonchev–Trinajstić information content (AvgIpc) is 2.79. The van der Waals surface area contributed by atoms with Crippen molar-refractivity contribution in [1.29, 1.82) is 0 Å². The minimum absolute atomic E-state index is 0.0626. The van der Waals surface area contributed by atoms with E-state index in [-0.39, 0.29) is 5.97 Å². The maximum absolute atomic E-state index is 11.4. The van der Waals surface area contributed by atoms with Gasteiger partial charge in [-0.25, -0.2) is 0 Å². The number of para-hydroxylation sites is 1. The van der Waals surface area contributed by atoms with Gasteiger partial charge in [0.1, 0.15) is 0 Å². The smallest absolute Gasteiger partial charge is 0.306 e. The first kappa shape index (κ1) is 12.0. The summed E-state index contributed by atoms with van der Waals surface area (Å²) in [5.41, 5.74) is 1.25. The molecule has 0 aliphatic carbocycles. The van der Waals surface area contributed by atoms with Crippen molar-refractivity contribution in [3.8, 4) is 0 Å². The van der Waals surface area contributed by atoms with Crippen LogP contribution in [0.5, 0.6) is 0 Å². The maximum Gasteiger partial charge on any atom is 0.306 e. The lowest BCUT2D eigenvalue weighted by Crippen LogP contribution is -2.20. The summed E-state index contributed by atoms with van der Waals surface area (Å²) in [6.45, 7) is 4.33. The van der Waals surface area contributed by atoms with Gasteiger partial charge in [-0.3, -0.25) is 4.79 Å². The predicted octanol–water partition coefficient (Wildman–Crippen LogP) is 2.47. The molecule has 3 heteroatoms. The van der Waals surface area contributed by atoms with E-state index >= 15 is 0 Å². The van der Waals surface area contributed by atoms with Gasteiger partial charge in [0.2, 0.25) is 0 Å². The summed E-state index contributed by atoms with van der Waals surface area (Å²) in [7, 11) is 0. The molecule has 92 valence electrons. The highest BCUT2D eigenvalue weighted by molar-refractivity contribution is 5.69. The van der Waals surface area contributed by atoms with Crippen LogP contribution in [-0.4, -0.2) is 25.7 Å². The number of ether oxygens (including phenoxy) is 1. The van der Waals surface area contributed by atoms with E-state index in [1.54, 1.807) is 0 Å². The zero-order valence-electron chi connectivity index (χ0n) is 10.3. The number of anilines is 1. The summed E-state index contributed by atoms with van der Waals surface area (Å²) in [6, 6.07) is 10.4. The molecule has 1 aliphatic heterocycles. The molecule has 0 N–H and O–H groups in total. The summed E-state index contributed by atoms with van der Waals surface area (Å²) in [6.07, 6.45) is 1.63. The first-order valence-electron chi connectivity index (χ1n) is 6.25. The average molecular weight is 233 g/mol. The molecule has 1 aromatic rings. The lowest BCUT2D eigenvalue weighted by atomic mass is 10.1. The van der Waals surface area contributed by atoms with E-state index in [1.807, 2.05) is 25.1 Å². The second-order valence-electron chi connectivity index (χ2n) is 4.45. The van der Waals surface area contributed by atoms with Crippen LogP contribution in [0.1, 0.15) is 19.8 Å². The molecule has 0 saturated carbocycles. The first-order chi connectivity index (χ1) is 8.29. The van der Waals surface area contributed by atoms with Crippen molar-refractivity contribution in [2.24, 2.45) is 5.92 Å². The Morgan fingerprint density at radius 3 is 2.88 bits per heavy atom. The first-order valence-corrected chi connectivity index (χ1v) is 6.25. The molecule has 3 nitrogen and oxygen atoms in total. The highest BCUT2D eigenvalue weighted by Gasteiger charge is 2.25. The topological polar surface area (TPSA) is 29.5 Å². The Kier molecular flexibility index (Phi) is 4.02. The number of carbonyl (C=O) groups excluding carboxylic acids is 1. The third-order valence-corrected chi connectivity index (χ3v) is 3.17. The van der Waals surface area contributed by atoms with E-state index in [1.165, 1.54) is 5.69 Å². The van der Waals surface area contributed by atoms with Gasteiger partial charge in [0.05, 0.1) is 13.0 Å². The molecule has 1 fully saturated rings. The zero-order valence-corrected chi connectivity index (χ0v) is 10.3. The summed E-state index contributed by atoms with van der Waals surface area (Å²) in [5, 5.41) is 0. The van der Waals surface area contributed by atoms with Crippen molar-refractivity contribution in [1.82, 2.24) is 0 Å². The van der Waals surface area contributed by atoms with E-state index in [9.17, 15) is 4.79 Å². The molecular weight excluding hydrogens is 214 g/mol. The molecule has 0 amide bonds. The third-order valence-electron chi connectivity index (χ3n) is 3.17. The molecule has 1 aromatic carbocycles. The minimum atomic E-state index is -0.0626. The van der Waals surface area contributed by atoms with E-state index in [0.29, 0.717) is 18.9 Å². The molecule has 0 bridgehead atoms. The molecule has 0 spiro atoms. The molecule has 1 aliphatic rings. The standard InChI is InChI=1S/C14H19NO2/c1-2-17-14(16)10-12-8-9-15(11-12)13-6-4-3-5-7-13/h3-7,12H,2,8-11H2,1H3. The second kappa shape index (κ2) is 5.71.